The van der Waals surface area contributed by atoms with E-state index in [1.807, 2.05) is 0 Å². The summed E-state index contributed by atoms with van der Waals surface area (Å²) in [4.78, 5) is 11.5. The summed E-state index contributed by atoms with van der Waals surface area (Å²) in [5.74, 6) is 1.65. The molecule has 57 heavy (non-hydrogen) atoms. The molecule has 0 N–H and O–H groups in total. The molecule has 0 amide bonds. The summed E-state index contributed by atoms with van der Waals surface area (Å²) in [6.07, 6.45) is 0. The molecule has 8 aromatic carbocycles. The van der Waals surface area contributed by atoms with Crippen LogP contribution in [0.5, 0.6) is 0 Å². The van der Waals surface area contributed by atoms with Gasteiger partial charge >= 0.3 is 334 Å². The van der Waals surface area contributed by atoms with E-state index in [2.05, 4.69) is 215 Å². The van der Waals surface area contributed by atoms with E-state index in [1.54, 1.807) is 0 Å². The van der Waals surface area contributed by atoms with Gasteiger partial charge in [0, 0.05) is 0 Å². The second-order valence-corrected chi connectivity index (χ2v) is 22.6. The summed E-state index contributed by atoms with van der Waals surface area (Å²) in [6.45, 7) is 0. The number of hydrogen-bond donors (Lipinski definition) is 0. The Labute approximate surface area is 332 Å². The Morgan fingerprint density at radius 2 is 0.877 bits per heavy atom. The third-order valence-electron chi connectivity index (χ3n) is 12.0. The van der Waals surface area contributed by atoms with Gasteiger partial charge in [-0.05, 0) is 0 Å². The van der Waals surface area contributed by atoms with Crippen LogP contribution >= 0.6 is 0 Å². The summed E-state index contributed by atoms with van der Waals surface area (Å²) in [7, 11) is 0. The predicted octanol–water partition coefficient (Wildman–Crippen LogP) is 9.70. The van der Waals surface area contributed by atoms with Gasteiger partial charge in [0.2, 0.25) is 0 Å². The minimum absolute atomic E-state index is 0.737. The zero-order chi connectivity index (χ0) is 37.5. The van der Waals surface area contributed by atoms with E-state index in [9.17, 15) is 0 Å². The molecule has 5 heteroatoms. The summed E-state index contributed by atoms with van der Waals surface area (Å²) in [5.41, 5.74) is 9.06. The fourth-order valence-electron chi connectivity index (χ4n) is 9.70. The van der Waals surface area contributed by atoms with E-state index in [-0.39, 0.29) is 0 Å². The number of benzene rings is 8. The quantitative estimate of drug-likeness (QED) is 0.163. The Kier molecular flexibility index (Phi) is 7.07. The minimum atomic E-state index is -3.78. The maximum absolute atomic E-state index is 5.79. The van der Waals surface area contributed by atoms with Crippen LogP contribution in [0.25, 0.3) is 77.6 Å². The molecular formula is C52H34GeN4. The molecule has 0 saturated heterocycles. The van der Waals surface area contributed by atoms with Crippen LogP contribution in [0.3, 0.4) is 0 Å². The van der Waals surface area contributed by atoms with Gasteiger partial charge in [-0.25, -0.2) is 0 Å². The average Bonchev–Trinajstić information content (AvgIpc) is 3.92. The van der Waals surface area contributed by atoms with Crippen molar-refractivity contribution in [3.8, 4) is 34.0 Å². The van der Waals surface area contributed by atoms with Crippen LogP contribution in [0.15, 0.2) is 206 Å². The molecule has 4 heterocycles. The zero-order valence-corrected chi connectivity index (χ0v) is 33.0. The van der Waals surface area contributed by atoms with Crippen molar-refractivity contribution in [2.75, 3.05) is 0 Å². The second-order valence-electron chi connectivity index (χ2n) is 14.9. The van der Waals surface area contributed by atoms with Gasteiger partial charge in [0.05, 0.1) is 0 Å². The van der Waals surface area contributed by atoms with Crippen LogP contribution in [0.4, 0.5) is 0 Å². The van der Waals surface area contributed by atoms with Gasteiger partial charge in [0.1, 0.15) is 0 Å². The van der Waals surface area contributed by atoms with Crippen LogP contribution in [0.2, 0.25) is 0 Å². The standard InChI is InChI=1S/C52H34GeN4/c1-5-19-35(20-6-1)51-54-50-47(43-29-13-16-30-44(43)53(50,36-21-7-2-8-22-36)37-23-9-3-10-24-37)52(55-51)57-46-32-18-15-28-40(46)42-34-33-41-39-27-14-17-31-45(39)56(48(41)49(42)57)38-25-11-4-12-26-38/h1-34H. The Balaban J connectivity index is 1.33. The second kappa shape index (κ2) is 12.5. The summed E-state index contributed by atoms with van der Waals surface area (Å²) in [5, 5.41) is 4.82. The van der Waals surface area contributed by atoms with E-state index in [1.165, 1.54) is 50.3 Å². The normalized spacial score (nSPS) is 13.1. The van der Waals surface area contributed by atoms with E-state index >= 15 is 0 Å². The molecule has 0 fully saturated rings. The van der Waals surface area contributed by atoms with Crippen molar-refractivity contribution in [1.82, 2.24) is 19.1 Å². The summed E-state index contributed by atoms with van der Waals surface area (Å²) in [6, 6.07) is 75.0. The maximum atomic E-state index is 5.79. The predicted molar refractivity (Wildman–Crippen MR) is 239 cm³/mol. The number of fused-ring (bicyclic) bond motifs is 10. The number of aromatic nitrogens is 4. The van der Waals surface area contributed by atoms with Crippen molar-refractivity contribution in [2.45, 2.75) is 0 Å². The monoisotopic (exact) mass is 788 g/mol. The molecule has 0 radical (unpaired) electrons. The van der Waals surface area contributed by atoms with Gasteiger partial charge in [-0.2, -0.15) is 0 Å². The molecule has 1 aliphatic rings. The van der Waals surface area contributed by atoms with Gasteiger partial charge in [-0.3, -0.25) is 0 Å². The third kappa shape index (κ3) is 4.50. The van der Waals surface area contributed by atoms with Gasteiger partial charge < -0.3 is 0 Å². The molecule has 4 nitrogen and oxygen atoms in total. The van der Waals surface area contributed by atoms with Crippen molar-refractivity contribution >= 4 is 74.6 Å². The molecule has 0 bridgehead atoms. The van der Waals surface area contributed by atoms with Crippen LogP contribution in [-0.4, -0.2) is 32.4 Å². The van der Waals surface area contributed by atoms with Gasteiger partial charge in [-0.1, -0.05) is 0 Å². The molecule has 1 aliphatic heterocycles. The first-order valence-corrected chi connectivity index (χ1v) is 23.7. The zero-order valence-electron chi connectivity index (χ0n) is 30.9. The number of para-hydroxylation sites is 3. The number of rotatable bonds is 5. The van der Waals surface area contributed by atoms with Crippen molar-refractivity contribution in [3.63, 3.8) is 0 Å². The molecule has 11 aromatic rings. The Bertz CT molecular complexity index is 3290. The first-order valence-electron chi connectivity index (χ1n) is 19.5. The molecule has 0 atom stereocenters. The molecule has 3 aromatic heterocycles. The van der Waals surface area contributed by atoms with E-state index < -0.39 is 13.3 Å². The molecule has 0 aliphatic carbocycles. The topological polar surface area (TPSA) is 35.6 Å². The van der Waals surface area contributed by atoms with Gasteiger partial charge in [0.25, 0.3) is 0 Å². The fraction of sp³-hybridized carbons (Fsp3) is 0. The third-order valence-corrected chi connectivity index (χ3v) is 21.9. The van der Waals surface area contributed by atoms with Crippen molar-refractivity contribution in [3.05, 3.63) is 206 Å². The molecule has 266 valence electrons. The van der Waals surface area contributed by atoms with Crippen molar-refractivity contribution < 1.29 is 0 Å². The van der Waals surface area contributed by atoms with E-state index in [0.717, 1.165) is 45.0 Å². The molecule has 0 unspecified atom stereocenters. The fourth-order valence-corrected chi connectivity index (χ4v) is 20.2. The molecule has 0 saturated carbocycles. The van der Waals surface area contributed by atoms with Crippen molar-refractivity contribution in [2.24, 2.45) is 0 Å². The molecule has 12 rings (SSSR count). The first kappa shape index (κ1) is 32.2. The molecule has 0 spiro atoms. The van der Waals surface area contributed by atoms with Crippen molar-refractivity contribution in [1.29, 1.82) is 0 Å². The summed E-state index contributed by atoms with van der Waals surface area (Å²) >= 11 is -3.78. The van der Waals surface area contributed by atoms with Gasteiger partial charge in [0.15, 0.2) is 0 Å². The van der Waals surface area contributed by atoms with Crippen LogP contribution in [0, 0.1) is 0 Å². The van der Waals surface area contributed by atoms with Crippen LogP contribution in [-0.2, 0) is 0 Å². The van der Waals surface area contributed by atoms with Crippen LogP contribution < -0.4 is 17.7 Å². The Morgan fingerprint density at radius 3 is 1.51 bits per heavy atom. The van der Waals surface area contributed by atoms with E-state index in [4.69, 9.17) is 9.97 Å². The average molecular weight is 787 g/mol. The molecular weight excluding hydrogens is 753 g/mol. The SMILES string of the molecule is c1ccc(-c2nc(-n3c4ccccc4c4ccc5c6ccccc6n(-c6ccccc6)c5c43)c3[c](n2)[Ge]([c]2ccccc2)([c]2ccccc2)[c]2ccccc2-3)cc1. The first-order chi connectivity index (χ1) is 28.3. The number of hydrogen-bond acceptors (Lipinski definition) is 2. The Morgan fingerprint density at radius 1 is 0.386 bits per heavy atom. The Hall–Kier alpha value is -7.02. The van der Waals surface area contributed by atoms with Crippen LogP contribution in [0.1, 0.15) is 0 Å². The van der Waals surface area contributed by atoms with E-state index in [0.29, 0.717) is 0 Å². The van der Waals surface area contributed by atoms with Gasteiger partial charge in [-0.15, -0.1) is 0 Å². The summed E-state index contributed by atoms with van der Waals surface area (Å²) < 4.78 is 10.2. The number of nitrogens with zero attached hydrogens (tertiary/aromatic N) is 4.